The van der Waals surface area contributed by atoms with E-state index >= 15 is 0 Å². The summed E-state index contributed by atoms with van der Waals surface area (Å²) in [6.45, 7) is 4.38. The van der Waals surface area contributed by atoms with Crippen molar-refractivity contribution in [2.45, 2.75) is 57.1 Å². The number of rotatable bonds is 6. The van der Waals surface area contributed by atoms with Gasteiger partial charge in [0.2, 0.25) is 5.91 Å². The van der Waals surface area contributed by atoms with Gasteiger partial charge in [-0.25, -0.2) is 9.97 Å². The Morgan fingerprint density at radius 2 is 2.06 bits per heavy atom. The maximum absolute atomic E-state index is 11.7. The third kappa shape index (κ3) is 3.79. The average Bonchev–Trinajstić information content (AvgIpc) is 3.19. The van der Waals surface area contributed by atoms with Gasteiger partial charge < -0.3 is 19.4 Å². The van der Waals surface area contributed by atoms with Crippen molar-refractivity contribution >= 4 is 28.3 Å². The lowest BCUT2D eigenvalue weighted by Gasteiger charge is -2.21. The number of amides is 1. The summed E-state index contributed by atoms with van der Waals surface area (Å²) in [7, 11) is 0. The molecular formula is C24H28N4O3S. The number of aromatic nitrogens is 3. The molecule has 7 nitrogen and oxygen atoms in total. The fourth-order valence-electron chi connectivity index (χ4n) is 4.81. The standard InChI is InChI=1S/C24H28N4O3S/c1-14(17-10-22(29)25-11-17)31-20-9-16(8-19-23(20)28(13-27-19)18-2-3-18)21-12-26-24(32-21)15-4-6-30-7-5-15/h8-9,12-15,17-18H,2-7,10-11H2,1H3,(H,25,29)/t14-,17?/m1/s1. The molecule has 1 amide bonds. The van der Waals surface area contributed by atoms with Gasteiger partial charge in [-0.3, -0.25) is 4.79 Å². The zero-order chi connectivity index (χ0) is 21.7. The van der Waals surface area contributed by atoms with Crippen LogP contribution >= 0.6 is 11.3 Å². The first-order chi connectivity index (χ1) is 15.7. The highest BCUT2D eigenvalue weighted by atomic mass is 32.1. The van der Waals surface area contributed by atoms with Gasteiger partial charge in [0.1, 0.15) is 17.4 Å². The second kappa shape index (κ2) is 8.15. The molecule has 0 radical (unpaired) electrons. The summed E-state index contributed by atoms with van der Waals surface area (Å²) in [5.41, 5.74) is 3.12. The number of ether oxygens (including phenoxy) is 2. The minimum atomic E-state index is -0.0609. The molecule has 3 aliphatic rings. The topological polar surface area (TPSA) is 78.3 Å². The molecular weight excluding hydrogens is 424 g/mol. The van der Waals surface area contributed by atoms with Crippen LogP contribution < -0.4 is 10.1 Å². The first kappa shape index (κ1) is 20.2. The van der Waals surface area contributed by atoms with Crippen molar-refractivity contribution in [1.29, 1.82) is 0 Å². The lowest BCUT2D eigenvalue weighted by Crippen LogP contribution is -2.25. The number of thiazole rings is 1. The molecule has 168 valence electrons. The maximum Gasteiger partial charge on any atom is 0.220 e. The SMILES string of the molecule is C[C@@H](Oc1cc(-c2cnc(C3CCOCC3)s2)cc2ncn(C3CC3)c12)C1CNC(=O)C1. The van der Waals surface area contributed by atoms with E-state index in [2.05, 4.69) is 28.9 Å². The Kier molecular flexibility index (Phi) is 5.14. The van der Waals surface area contributed by atoms with Crippen LogP contribution in [-0.4, -0.2) is 46.3 Å². The minimum absolute atomic E-state index is 0.0609. The molecule has 1 aliphatic carbocycles. The Morgan fingerprint density at radius 1 is 1.22 bits per heavy atom. The molecule has 2 saturated heterocycles. The van der Waals surface area contributed by atoms with Crippen molar-refractivity contribution in [3.05, 3.63) is 29.7 Å². The number of carbonyl (C=O) groups excluding carboxylic acids is 1. The van der Waals surface area contributed by atoms with E-state index in [1.807, 2.05) is 12.5 Å². The van der Waals surface area contributed by atoms with E-state index in [0.29, 0.717) is 24.9 Å². The molecule has 0 spiro atoms. The molecule has 4 heterocycles. The van der Waals surface area contributed by atoms with E-state index in [0.717, 1.165) is 53.3 Å². The second-order valence-electron chi connectivity index (χ2n) is 9.27. The zero-order valence-corrected chi connectivity index (χ0v) is 19.1. The molecule has 8 heteroatoms. The molecule has 0 bridgehead atoms. The largest absolute Gasteiger partial charge is 0.488 e. The quantitative estimate of drug-likeness (QED) is 0.604. The summed E-state index contributed by atoms with van der Waals surface area (Å²) < 4.78 is 14.3. The fraction of sp³-hybridized carbons (Fsp3) is 0.542. The molecule has 1 N–H and O–H groups in total. The van der Waals surface area contributed by atoms with Crippen LogP contribution in [0.1, 0.15) is 56.0 Å². The Balaban J connectivity index is 1.35. The van der Waals surface area contributed by atoms with E-state index in [-0.39, 0.29) is 17.9 Å². The summed E-state index contributed by atoms with van der Waals surface area (Å²) >= 11 is 1.77. The first-order valence-electron chi connectivity index (χ1n) is 11.6. The summed E-state index contributed by atoms with van der Waals surface area (Å²) in [4.78, 5) is 22.3. The summed E-state index contributed by atoms with van der Waals surface area (Å²) in [5.74, 6) is 1.64. The van der Waals surface area contributed by atoms with Crippen molar-refractivity contribution < 1.29 is 14.3 Å². The number of hydrogen-bond donors (Lipinski definition) is 1. The van der Waals surface area contributed by atoms with Crippen LogP contribution in [0.25, 0.3) is 21.5 Å². The van der Waals surface area contributed by atoms with Gasteiger partial charge in [0.25, 0.3) is 0 Å². The third-order valence-corrected chi connectivity index (χ3v) is 8.15. The number of fused-ring (bicyclic) bond motifs is 1. The molecule has 1 aromatic carbocycles. The lowest BCUT2D eigenvalue weighted by atomic mass is 10.0. The number of benzene rings is 1. The van der Waals surface area contributed by atoms with Crippen molar-refractivity contribution in [3.63, 3.8) is 0 Å². The first-order valence-corrected chi connectivity index (χ1v) is 12.4. The van der Waals surface area contributed by atoms with Crippen molar-refractivity contribution in [3.8, 4) is 16.2 Å². The van der Waals surface area contributed by atoms with E-state index in [4.69, 9.17) is 19.4 Å². The molecule has 2 aromatic heterocycles. The van der Waals surface area contributed by atoms with E-state index in [1.54, 1.807) is 11.3 Å². The summed E-state index contributed by atoms with van der Waals surface area (Å²) in [5, 5.41) is 4.12. The number of nitrogens with zero attached hydrogens (tertiary/aromatic N) is 3. The average molecular weight is 453 g/mol. The molecule has 6 rings (SSSR count). The smallest absolute Gasteiger partial charge is 0.220 e. The highest BCUT2D eigenvalue weighted by Gasteiger charge is 2.31. The highest BCUT2D eigenvalue weighted by Crippen LogP contribution is 2.43. The van der Waals surface area contributed by atoms with Gasteiger partial charge in [-0.2, -0.15) is 0 Å². The second-order valence-corrected chi connectivity index (χ2v) is 10.3. The summed E-state index contributed by atoms with van der Waals surface area (Å²) in [6.07, 6.45) is 8.85. The van der Waals surface area contributed by atoms with Crippen LogP contribution in [0.3, 0.4) is 0 Å². The summed E-state index contributed by atoms with van der Waals surface area (Å²) in [6, 6.07) is 4.82. The Hall–Kier alpha value is -2.45. The zero-order valence-electron chi connectivity index (χ0n) is 18.3. The van der Waals surface area contributed by atoms with E-state index in [1.165, 1.54) is 17.8 Å². The van der Waals surface area contributed by atoms with Gasteiger partial charge in [-0.1, -0.05) is 0 Å². The predicted molar refractivity (Wildman–Crippen MR) is 123 cm³/mol. The minimum Gasteiger partial charge on any atom is -0.488 e. The van der Waals surface area contributed by atoms with E-state index < -0.39 is 0 Å². The number of carbonyl (C=O) groups is 1. The van der Waals surface area contributed by atoms with Gasteiger partial charge in [-0.15, -0.1) is 11.3 Å². The van der Waals surface area contributed by atoms with Gasteiger partial charge in [0.15, 0.2) is 0 Å². The normalized spacial score (nSPS) is 22.9. The molecule has 3 fully saturated rings. The molecule has 32 heavy (non-hydrogen) atoms. The molecule has 1 unspecified atom stereocenters. The Bertz CT molecular complexity index is 1150. The number of hydrogen-bond acceptors (Lipinski definition) is 6. The Morgan fingerprint density at radius 3 is 2.81 bits per heavy atom. The lowest BCUT2D eigenvalue weighted by molar-refractivity contribution is -0.119. The van der Waals surface area contributed by atoms with Crippen molar-refractivity contribution in [2.24, 2.45) is 5.92 Å². The predicted octanol–water partition coefficient (Wildman–Crippen LogP) is 4.29. The van der Waals surface area contributed by atoms with Crippen LogP contribution in [-0.2, 0) is 9.53 Å². The van der Waals surface area contributed by atoms with Crippen LogP contribution in [0.15, 0.2) is 24.7 Å². The Labute approximate surface area is 191 Å². The van der Waals surface area contributed by atoms with Crippen LogP contribution in [0.4, 0.5) is 0 Å². The van der Waals surface area contributed by atoms with Crippen LogP contribution in [0.5, 0.6) is 5.75 Å². The van der Waals surface area contributed by atoms with Crippen molar-refractivity contribution in [1.82, 2.24) is 19.9 Å². The molecule has 2 aliphatic heterocycles. The van der Waals surface area contributed by atoms with Crippen LogP contribution in [0, 0.1) is 5.92 Å². The van der Waals surface area contributed by atoms with Crippen molar-refractivity contribution in [2.75, 3.05) is 19.8 Å². The fourth-order valence-corrected chi connectivity index (χ4v) is 5.88. The van der Waals surface area contributed by atoms with Crippen LogP contribution in [0.2, 0.25) is 0 Å². The number of imidazole rings is 1. The molecule has 2 atom stereocenters. The highest BCUT2D eigenvalue weighted by molar-refractivity contribution is 7.15. The molecule has 3 aromatic rings. The van der Waals surface area contributed by atoms with Gasteiger partial charge >= 0.3 is 0 Å². The maximum atomic E-state index is 11.7. The monoisotopic (exact) mass is 452 g/mol. The van der Waals surface area contributed by atoms with Gasteiger partial charge in [0, 0.05) is 50.3 Å². The number of nitrogens with one attached hydrogen (secondary N) is 1. The third-order valence-electron chi connectivity index (χ3n) is 6.94. The molecule has 1 saturated carbocycles. The van der Waals surface area contributed by atoms with Gasteiger partial charge in [-0.05, 0) is 50.3 Å². The van der Waals surface area contributed by atoms with E-state index in [9.17, 15) is 4.79 Å². The van der Waals surface area contributed by atoms with Gasteiger partial charge in [0.05, 0.1) is 21.7 Å².